The number of nitrogens with zero attached hydrogens (tertiary/aromatic N) is 2. The minimum absolute atomic E-state index is 0.169. The van der Waals surface area contributed by atoms with Crippen LogP contribution in [0.2, 0.25) is 0 Å². The monoisotopic (exact) mass is 414 g/mol. The highest BCUT2D eigenvalue weighted by Gasteiger charge is 2.24. The van der Waals surface area contributed by atoms with Crippen molar-refractivity contribution in [3.63, 3.8) is 0 Å². The van der Waals surface area contributed by atoms with E-state index in [-0.39, 0.29) is 5.56 Å². The number of fused-ring (bicyclic) bond motifs is 5. The van der Waals surface area contributed by atoms with Gasteiger partial charge in [-0.15, -0.1) is 0 Å². The maximum atomic E-state index is 13.9. The first-order chi connectivity index (χ1) is 15.0. The second-order valence-corrected chi connectivity index (χ2v) is 7.69. The Morgan fingerprint density at radius 3 is 2.39 bits per heavy atom. The number of hydrogen-bond acceptors (Lipinski definition) is 5. The van der Waals surface area contributed by atoms with Crippen LogP contribution >= 0.6 is 0 Å². The van der Waals surface area contributed by atoms with Crippen LogP contribution in [0.15, 0.2) is 53.5 Å². The van der Waals surface area contributed by atoms with Crippen molar-refractivity contribution in [1.29, 1.82) is 0 Å². The smallest absolute Gasteiger partial charge is 0.267 e. The van der Waals surface area contributed by atoms with E-state index in [1.807, 2.05) is 31.2 Å². The third-order valence-electron chi connectivity index (χ3n) is 5.82. The maximum Gasteiger partial charge on any atom is 0.267 e. The lowest BCUT2D eigenvalue weighted by Gasteiger charge is -2.12. The molecule has 5 aromatic rings. The van der Waals surface area contributed by atoms with Crippen molar-refractivity contribution >= 4 is 38.1 Å². The van der Waals surface area contributed by atoms with Crippen LogP contribution in [0, 0.1) is 0 Å². The van der Waals surface area contributed by atoms with Gasteiger partial charge in [0.2, 0.25) is 0 Å². The molecule has 0 amide bonds. The second kappa shape index (κ2) is 6.87. The number of ether oxygens (including phenoxy) is 3. The van der Waals surface area contributed by atoms with Crippen LogP contribution in [0.3, 0.4) is 0 Å². The van der Waals surface area contributed by atoms with Gasteiger partial charge in [-0.3, -0.25) is 14.2 Å². The predicted octanol–water partition coefficient (Wildman–Crippen LogP) is 4.74. The molecule has 0 saturated heterocycles. The minimum Gasteiger partial charge on any atom is -0.496 e. The molecule has 0 spiro atoms. The third kappa shape index (κ3) is 2.51. The molecule has 0 atom stereocenters. The molecule has 3 aromatic heterocycles. The number of benzene rings is 2. The molecule has 0 bridgehead atoms. The molecule has 0 aliphatic carbocycles. The molecule has 0 N–H and O–H groups in total. The molecule has 156 valence electrons. The molecule has 6 heteroatoms. The first kappa shape index (κ1) is 19.2. The van der Waals surface area contributed by atoms with E-state index in [2.05, 4.69) is 11.6 Å². The lowest BCUT2D eigenvalue weighted by molar-refractivity contribution is 0.358. The first-order valence-electron chi connectivity index (χ1n) is 9.95. The van der Waals surface area contributed by atoms with Crippen LogP contribution in [0.5, 0.6) is 17.2 Å². The topological polar surface area (TPSA) is 62.1 Å². The molecule has 0 fully saturated rings. The van der Waals surface area contributed by atoms with E-state index in [0.717, 1.165) is 49.6 Å². The van der Waals surface area contributed by atoms with Crippen LogP contribution < -0.4 is 19.8 Å². The zero-order valence-corrected chi connectivity index (χ0v) is 17.9. The van der Waals surface area contributed by atoms with Crippen molar-refractivity contribution in [3.8, 4) is 17.2 Å². The van der Waals surface area contributed by atoms with Crippen LogP contribution in [0.1, 0.15) is 12.5 Å². The number of pyridine rings is 2. The Morgan fingerprint density at radius 1 is 0.968 bits per heavy atom. The lowest BCUT2D eigenvalue weighted by atomic mass is 9.99. The Morgan fingerprint density at radius 2 is 1.71 bits per heavy atom. The molecular weight excluding hydrogens is 392 g/mol. The Labute approximate surface area is 178 Å². The summed E-state index contributed by atoms with van der Waals surface area (Å²) in [6, 6.07) is 9.46. The molecule has 3 heterocycles. The maximum absolute atomic E-state index is 13.9. The summed E-state index contributed by atoms with van der Waals surface area (Å²) in [5, 5.41) is 3.12. The molecule has 0 aliphatic rings. The van der Waals surface area contributed by atoms with Gasteiger partial charge in [-0.2, -0.15) is 0 Å². The predicted molar refractivity (Wildman–Crippen MR) is 123 cm³/mol. The van der Waals surface area contributed by atoms with Crippen LogP contribution in [0.4, 0.5) is 0 Å². The van der Waals surface area contributed by atoms with Crippen molar-refractivity contribution in [2.45, 2.75) is 13.3 Å². The fourth-order valence-electron chi connectivity index (χ4n) is 4.63. The van der Waals surface area contributed by atoms with Crippen LogP contribution in [-0.4, -0.2) is 30.7 Å². The summed E-state index contributed by atoms with van der Waals surface area (Å²) in [4.78, 5) is 18.5. The highest BCUT2D eigenvalue weighted by Crippen LogP contribution is 2.41. The summed E-state index contributed by atoms with van der Waals surface area (Å²) >= 11 is 0. The van der Waals surface area contributed by atoms with E-state index >= 15 is 0 Å². The number of rotatable bonds is 5. The van der Waals surface area contributed by atoms with Gasteiger partial charge in [0, 0.05) is 27.9 Å². The highest BCUT2D eigenvalue weighted by molar-refractivity contribution is 6.20. The molecule has 0 saturated carbocycles. The van der Waals surface area contributed by atoms with Crippen LogP contribution in [-0.2, 0) is 6.42 Å². The second-order valence-electron chi connectivity index (χ2n) is 7.69. The Kier molecular flexibility index (Phi) is 4.25. The van der Waals surface area contributed by atoms with Gasteiger partial charge in [-0.1, -0.05) is 12.2 Å². The molecular formula is C25H22N2O4. The van der Waals surface area contributed by atoms with Gasteiger partial charge in [0.1, 0.15) is 5.75 Å². The van der Waals surface area contributed by atoms with Gasteiger partial charge in [0.05, 0.1) is 43.3 Å². The number of aromatic nitrogens is 2. The minimum atomic E-state index is -0.169. The zero-order chi connectivity index (χ0) is 21.9. The first-order valence-corrected chi connectivity index (χ1v) is 9.95. The SMILES string of the molecule is C=C(C)Cc1c(OC)ccc2c1c1ccnc3c4ccc(OC)c(OC)c4c(=O)n2c13. The molecule has 2 aromatic carbocycles. The van der Waals surface area contributed by atoms with Crippen molar-refractivity contribution in [3.05, 3.63) is 64.6 Å². The number of allylic oxidation sites excluding steroid dienone is 1. The van der Waals surface area contributed by atoms with Gasteiger partial charge in [0.15, 0.2) is 11.5 Å². The Hall–Kier alpha value is -3.80. The molecule has 5 rings (SSSR count). The van der Waals surface area contributed by atoms with Crippen LogP contribution in [0.25, 0.3) is 38.1 Å². The van der Waals surface area contributed by atoms with Gasteiger partial charge in [-0.25, -0.2) is 0 Å². The molecule has 0 aliphatic heterocycles. The highest BCUT2D eigenvalue weighted by atomic mass is 16.5. The normalized spacial score (nSPS) is 11.6. The lowest BCUT2D eigenvalue weighted by Crippen LogP contribution is -2.14. The molecule has 0 radical (unpaired) electrons. The number of hydrogen-bond donors (Lipinski definition) is 0. The zero-order valence-electron chi connectivity index (χ0n) is 17.9. The quantitative estimate of drug-likeness (QED) is 0.307. The van der Waals surface area contributed by atoms with Crippen molar-refractivity contribution in [1.82, 2.24) is 9.38 Å². The summed E-state index contributed by atoms with van der Waals surface area (Å²) in [5.41, 5.74) is 4.19. The van der Waals surface area contributed by atoms with E-state index in [0.29, 0.717) is 23.3 Å². The largest absolute Gasteiger partial charge is 0.496 e. The summed E-state index contributed by atoms with van der Waals surface area (Å²) < 4.78 is 18.4. The summed E-state index contributed by atoms with van der Waals surface area (Å²) in [6.07, 6.45) is 2.43. The van der Waals surface area contributed by atoms with E-state index in [1.54, 1.807) is 38.0 Å². The third-order valence-corrected chi connectivity index (χ3v) is 5.82. The Balaban J connectivity index is 2.11. The van der Waals surface area contributed by atoms with E-state index in [1.165, 1.54) is 0 Å². The fraction of sp³-hybridized carbons (Fsp3) is 0.200. The van der Waals surface area contributed by atoms with Crippen molar-refractivity contribution in [2.75, 3.05) is 21.3 Å². The average molecular weight is 414 g/mol. The number of methoxy groups -OCH3 is 3. The van der Waals surface area contributed by atoms with Gasteiger partial charge in [-0.05, 0) is 43.7 Å². The molecule has 6 nitrogen and oxygen atoms in total. The van der Waals surface area contributed by atoms with E-state index < -0.39 is 0 Å². The summed E-state index contributed by atoms with van der Waals surface area (Å²) in [6.45, 7) is 6.07. The standard InChI is InChI=1S/C25H22N2O4/c1-13(2)12-16-18(29-3)9-7-17-20(16)15-10-11-26-22-14-6-8-19(30-4)24(31-5)21(14)25(28)27(17)23(15)22/h6-11H,1,12H2,2-5H3. The Bertz CT molecular complexity index is 1570. The fourth-order valence-corrected chi connectivity index (χ4v) is 4.63. The van der Waals surface area contributed by atoms with E-state index in [9.17, 15) is 4.79 Å². The summed E-state index contributed by atoms with van der Waals surface area (Å²) in [5.74, 6) is 1.69. The molecule has 0 unspecified atom stereocenters. The van der Waals surface area contributed by atoms with Gasteiger partial charge >= 0.3 is 0 Å². The molecule has 31 heavy (non-hydrogen) atoms. The van der Waals surface area contributed by atoms with Gasteiger partial charge in [0.25, 0.3) is 5.56 Å². The van der Waals surface area contributed by atoms with Gasteiger partial charge < -0.3 is 14.2 Å². The van der Waals surface area contributed by atoms with Crippen molar-refractivity contribution in [2.24, 2.45) is 0 Å². The van der Waals surface area contributed by atoms with Crippen molar-refractivity contribution < 1.29 is 14.2 Å². The summed E-state index contributed by atoms with van der Waals surface area (Å²) in [7, 11) is 4.76. The average Bonchev–Trinajstić information content (AvgIpc) is 3.12. The van der Waals surface area contributed by atoms with E-state index in [4.69, 9.17) is 14.2 Å².